The van der Waals surface area contributed by atoms with Gasteiger partial charge in [-0.25, -0.2) is 4.39 Å². The zero-order valence-corrected chi connectivity index (χ0v) is 12.1. The van der Waals surface area contributed by atoms with Gasteiger partial charge < -0.3 is 19.7 Å². The Morgan fingerprint density at radius 2 is 2.20 bits per heavy atom. The largest absolute Gasteiger partial charge is 0.381 e. The molecule has 0 spiro atoms. The van der Waals surface area contributed by atoms with Crippen molar-refractivity contribution in [1.29, 1.82) is 0 Å². The molecule has 0 saturated carbocycles. The van der Waals surface area contributed by atoms with Crippen molar-refractivity contribution in [3.05, 3.63) is 0 Å². The van der Waals surface area contributed by atoms with Gasteiger partial charge in [0.05, 0.1) is 25.7 Å². The average Bonchev–Trinajstić information content (AvgIpc) is 2.81. The normalized spacial score (nSPS) is 28.0. The highest BCUT2D eigenvalue weighted by Gasteiger charge is 2.34. The van der Waals surface area contributed by atoms with E-state index in [1.807, 2.05) is 7.05 Å². The van der Waals surface area contributed by atoms with Crippen LogP contribution in [-0.4, -0.2) is 69.1 Å². The third-order valence-corrected chi connectivity index (χ3v) is 3.96. The molecule has 0 aromatic heterocycles. The molecule has 2 heterocycles. The molecular weight excluding hydrogens is 263 g/mol. The lowest BCUT2D eigenvalue weighted by atomic mass is 10.1. The van der Waals surface area contributed by atoms with Gasteiger partial charge in [0.15, 0.2) is 0 Å². The number of rotatable bonds is 6. The molecule has 5 nitrogen and oxygen atoms in total. The number of alkyl halides is 1. The Morgan fingerprint density at radius 3 is 2.90 bits per heavy atom. The molecule has 0 aromatic rings. The zero-order valence-electron chi connectivity index (χ0n) is 12.1. The maximum absolute atomic E-state index is 13.5. The highest BCUT2D eigenvalue weighted by molar-refractivity contribution is 5.77. The Kier molecular flexibility index (Phi) is 6.19. The first-order valence-corrected chi connectivity index (χ1v) is 7.48. The smallest absolute Gasteiger partial charge is 0.225 e. The molecule has 0 aliphatic carbocycles. The van der Waals surface area contributed by atoms with Crippen LogP contribution < -0.4 is 5.32 Å². The molecule has 6 heteroatoms. The monoisotopic (exact) mass is 288 g/mol. The van der Waals surface area contributed by atoms with E-state index in [2.05, 4.69) is 5.32 Å². The number of hydrogen-bond acceptors (Lipinski definition) is 4. The van der Waals surface area contributed by atoms with Crippen molar-refractivity contribution in [2.45, 2.75) is 44.0 Å². The van der Waals surface area contributed by atoms with E-state index in [9.17, 15) is 9.18 Å². The fraction of sp³-hybridized carbons (Fsp3) is 0.929. The Labute approximate surface area is 119 Å². The van der Waals surface area contributed by atoms with Crippen LogP contribution in [0.15, 0.2) is 0 Å². The number of carbonyl (C=O) groups is 1. The Bertz CT molecular complexity index is 311. The van der Waals surface area contributed by atoms with Crippen molar-refractivity contribution in [2.75, 3.05) is 40.0 Å². The second-order valence-electron chi connectivity index (χ2n) is 5.52. The van der Waals surface area contributed by atoms with E-state index in [1.165, 1.54) is 0 Å². The lowest BCUT2D eigenvalue weighted by molar-refractivity contribution is -0.134. The van der Waals surface area contributed by atoms with Crippen LogP contribution in [0.3, 0.4) is 0 Å². The summed E-state index contributed by atoms with van der Waals surface area (Å²) in [4.78, 5) is 13.8. The third kappa shape index (κ3) is 4.40. The van der Waals surface area contributed by atoms with Crippen LogP contribution in [-0.2, 0) is 14.3 Å². The maximum atomic E-state index is 13.5. The number of amides is 1. The van der Waals surface area contributed by atoms with Gasteiger partial charge in [0.25, 0.3) is 0 Å². The topological polar surface area (TPSA) is 50.8 Å². The number of likely N-dealkylation sites (N-methyl/N-ethyl adjacent to an activating group) is 1. The van der Waals surface area contributed by atoms with Crippen LogP contribution in [0.25, 0.3) is 0 Å². The molecule has 116 valence electrons. The quantitative estimate of drug-likeness (QED) is 0.783. The van der Waals surface area contributed by atoms with Crippen molar-refractivity contribution in [3.63, 3.8) is 0 Å². The molecule has 1 amide bonds. The summed E-state index contributed by atoms with van der Waals surface area (Å²) in [6.45, 7) is 2.76. The average molecular weight is 288 g/mol. The van der Waals surface area contributed by atoms with Gasteiger partial charge in [0.1, 0.15) is 6.17 Å². The number of nitrogens with one attached hydrogen (secondary N) is 1. The predicted molar refractivity (Wildman–Crippen MR) is 73.4 cm³/mol. The minimum Gasteiger partial charge on any atom is -0.381 e. The summed E-state index contributed by atoms with van der Waals surface area (Å²) < 4.78 is 24.4. The van der Waals surface area contributed by atoms with E-state index >= 15 is 0 Å². The molecule has 2 saturated heterocycles. The van der Waals surface area contributed by atoms with E-state index in [1.54, 1.807) is 4.90 Å². The summed E-state index contributed by atoms with van der Waals surface area (Å²) in [5.74, 6) is -0.00235. The molecule has 2 rings (SSSR count). The van der Waals surface area contributed by atoms with Gasteiger partial charge in [-0.1, -0.05) is 0 Å². The first kappa shape index (κ1) is 15.7. The van der Waals surface area contributed by atoms with Crippen LogP contribution in [0.5, 0.6) is 0 Å². The van der Waals surface area contributed by atoms with Crippen molar-refractivity contribution in [2.24, 2.45) is 0 Å². The van der Waals surface area contributed by atoms with Crippen molar-refractivity contribution < 1.29 is 18.7 Å². The Balaban J connectivity index is 1.70. The Morgan fingerprint density at radius 1 is 1.45 bits per heavy atom. The molecule has 2 aliphatic heterocycles. The van der Waals surface area contributed by atoms with Crippen molar-refractivity contribution >= 4 is 5.91 Å². The van der Waals surface area contributed by atoms with Gasteiger partial charge in [-0.2, -0.15) is 0 Å². The minimum atomic E-state index is -0.895. The molecule has 2 fully saturated rings. The summed E-state index contributed by atoms with van der Waals surface area (Å²) in [5.41, 5.74) is 0. The van der Waals surface area contributed by atoms with Crippen LogP contribution in [0.2, 0.25) is 0 Å². The lowest BCUT2D eigenvalue weighted by Gasteiger charge is -2.25. The molecule has 1 N–H and O–H groups in total. The summed E-state index contributed by atoms with van der Waals surface area (Å²) in [6, 6.07) is -0.0226. The standard InChI is InChI=1S/C14H25FN2O3/c1-16-9-12-8-11(15)10-17(12)14(18)4-7-20-13-2-5-19-6-3-13/h11-13,16H,2-10H2,1H3/t11-,12-/m0/s1. The number of ether oxygens (including phenoxy) is 2. The van der Waals surface area contributed by atoms with E-state index in [4.69, 9.17) is 9.47 Å². The molecule has 20 heavy (non-hydrogen) atoms. The first-order valence-electron chi connectivity index (χ1n) is 7.48. The zero-order chi connectivity index (χ0) is 14.4. The second kappa shape index (κ2) is 7.90. The van der Waals surface area contributed by atoms with Gasteiger partial charge in [0.2, 0.25) is 5.91 Å². The third-order valence-electron chi connectivity index (χ3n) is 3.96. The summed E-state index contributed by atoms with van der Waals surface area (Å²) in [7, 11) is 1.82. The van der Waals surface area contributed by atoms with Crippen LogP contribution in [0.4, 0.5) is 4.39 Å². The predicted octanol–water partition coefficient (Wildman–Crippen LogP) is 0.730. The van der Waals surface area contributed by atoms with E-state index in [0.717, 1.165) is 26.1 Å². The molecule has 0 aromatic carbocycles. The Hall–Kier alpha value is -0.720. The SMILES string of the molecule is CNC[C@@H]1C[C@H](F)CN1C(=O)CCOC1CCOCC1. The van der Waals surface area contributed by atoms with Gasteiger partial charge in [-0.15, -0.1) is 0 Å². The van der Waals surface area contributed by atoms with Gasteiger partial charge in [0, 0.05) is 32.2 Å². The van der Waals surface area contributed by atoms with Crippen molar-refractivity contribution in [1.82, 2.24) is 10.2 Å². The molecule has 2 atom stereocenters. The number of halogens is 1. The van der Waals surface area contributed by atoms with Crippen molar-refractivity contribution in [3.8, 4) is 0 Å². The van der Waals surface area contributed by atoms with Crippen LogP contribution >= 0.6 is 0 Å². The second-order valence-corrected chi connectivity index (χ2v) is 5.52. The molecule has 0 radical (unpaired) electrons. The van der Waals surface area contributed by atoms with E-state index < -0.39 is 6.17 Å². The molecular formula is C14H25FN2O3. The number of likely N-dealkylation sites (tertiary alicyclic amines) is 1. The fourth-order valence-electron chi connectivity index (χ4n) is 2.89. The fourth-order valence-corrected chi connectivity index (χ4v) is 2.89. The first-order chi connectivity index (χ1) is 9.70. The van der Waals surface area contributed by atoms with E-state index in [-0.39, 0.29) is 24.6 Å². The van der Waals surface area contributed by atoms with Crippen LogP contribution in [0, 0.1) is 0 Å². The molecule has 2 aliphatic rings. The summed E-state index contributed by atoms with van der Waals surface area (Å²) in [5, 5.41) is 3.02. The highest BCUT2D eigenvalue weighted by Crippen LogP contribution is 2.21. The molecule has 0 unspecified atom stereocenters. The lowest BCUT2D eigenvalue weighted by Crippen LogP contribution is -2.41. The summed E-state index contributed by atoms with van der Waals surface area (Å²) in [6.07, 6.45) is 1.88. The molecule has 0 bridgehead atoms. The van der Waals surface area contributed by atoms with E-state index in [0.29, 0.717) is 26.0 Å². The highest BCUT2D eigenvalue weighted by atomic mass is 19.1. The number of hydrogen-bond donors (Lipinski definition) is 1. The number of nitrogens with zero attached hydrogens (tertiary/aromatic N) is 1. The maximum Gasteiger partial charge on any atom is 0.225 e. The number of carbonyl (C=O) groups excluding carboxylic acids is 1. The summed E-state index contributed by atoms with van der Waals surface area (Å²) >= 11 is 0. The van der Waals surface area contributed by atoms with Gasteiger partial charge in [-0.05, 0) is 19.9 Å². The minimum absolute atomic E-state index is 0.00235. The van der Waals surface area contributed by atoms with Gasteiger partial charge in [-0.3, -0.25) is 4.79 Å². The van der Waals surface area contributed by atoms with Gasteiger partial charge >= 0.3 is 0 Å². The van der Waals surface area contributed by atoms with Crippen LogP contribution in [0.1, 0.15) is 25.7 Å².